The molecule has 0 atom stereocenters. The zero-order valence-electron chi connectivity index (χ0n) is 8.47. The highest BCUT2D eigenvalue weighted by Gasteiger charge is 2.29. The predicted molar refractivity (Wildman–Crippen MR) is 51.6 cm³/mol. The number of ether oxygens (including phenoxy) is 1. The summed E-state index contributed by atoms with van der Waals surface area (Å²) >= 11 is 0. The summed E-state index contributed by atoms with van der Waals surface area (Å²) in [6, 6.07) is 5.25. The normalized spacial score (nSPS) is 11.7. The van der Waals surface area contributed by atoms with E-state index < -0.39 is 11.7 Å². The summed E-state index contributed by atoms with van der Waals surface area (Å²) in [4.78, 5) is 0. The van der Waals surface area contributed by atoms with Crippen molar-refractivity contribution in [2.75, 3.05) is 13.7 Å². The topological polar surface area (TPSA) is 9.23 Å². The largest absolute Gasteiger partial charge is 0.416 e. The van der Waals surface area contributed by atoms with E-state index in [1.807, 2.05) is 0 Å². The van der Waals surface area contributed by atoms with Crippen LogP contribution >= 0.6 is 0 Å². The number of alkyl halides is 3. The summed E-state index contributed by atoms with van der Waals surface area (Å²) < 4.78 is 41.5. The summed E-state index contributed by atoms with van der Waals surface area (Å²) in [7, 11) is 1.60. The first-order valence-electron chi connectivity index (χ1n) is 4.69. The van der Waals surface area contributed by atoms with Crippen LogP contribution in [0.1, 0.15) is 17.5 Å². The van der Waals surface area contributed by atoms with Crippen LogP contribution in [0.4, 0.5) is 13.2 Å². The maximum Gasteiger partial charge on any atom is 0.416 e. The molecule has 0 aromatic heterocycles. The number of rotatable bonds is 4. The van der Waals surface area contributed by atoms with E-state index in [0.717, 1.165) is 30.5 Å². The highest BCUT2D eigenvalue weighted by Crippen LogP contribution is 2.29. The number of methoxy groups -OCH3 is 1. The van der Waals surface area contributed by atoms with E-state index in [4.69, 9.17) is 4.74 Å². The van der Waals surface area contributed by atoms with Gasteiger partial charge in [0.2, 0.25) is 0 Å². The van der Waals surface area contributed by atoms with E-state index >= 15 is 0 Å². The zero-order chi connectivity index (χ0) is 11.3. The van der Waals surface area contributed by atoms with Crippen molar-refractivity contribution in [1.82, 2.24) is 0 Å². The molecule has 1 nitrogen and oxygen atoms in total. The molecule has 0 fully saturated rings. The highest BCUT2D eigenvalue weighted by molar-refractivity contribution is 5.24. The van der Waals surface area contributed by atoms with Crippen LogP contribution in [0.2, 0.25) is 0 Å². The molecule has 1 aromatic carbocycles. The monoisotopic (exact) mass is 218 g/mol. The molecule has 84 valence electrons. The third-order valence-corrected chi connectivity index (χ3v) is 2.10. The van der Waals surface area contributed by atoms with Crippen LogP contribution in [0.3, 0.4) is 0 Å². The molecule has 0 aliphatic heterocycles. The Bertz CT molecular complexity index is 290. The number of aryl methyl sites for hydroxylation is 1. The van der Waals surface area contributed by atoms with Gasteiger partial charge >= 0.3 is 6.18 Å². The van der Waals surface area contributed by atoms with E-state index in [0.29, 0.717) is 6.61 Å². The number of hydrogen-bond donors (Lipinski definition) is 0. The Kier molecular flexibility index (Phi) is 4.15. The van der Waals surface area contributed by atoms with Crippen LogP contribution in [0.5, 0.6) is 0 Å². The average molecular weight is 218 g/mol. The van der Waals surface area contributed by atoms with Crippen LogP contribution in [0, 0.1) is 0 Å². The van der Waals surface area contributed by atoms with Gasteiger partial charge < -0.3 is 4.74 Å². The first kappa shape index (κ1) is 12.0. The quantitative estimate of drug-likeness (QED) is 0.704. The Labute approximate surface area is 86.9 Å². The average Bonchev–Trinajstić information content (AvgIpc) is 2.18. The van der Waals surface area contributed by atoms with Crippen molar-refractivity contribution in [3.05, 3.63) is 35.4 Å². The van der Waals surface area contributed by atoms with Gasteiger partial charge in [-0.2, -0.15) is 13.2 Å². The molecule has 4 heteroatoms. The summed E-state index contributed by atoms with van der Waals surface area (Å²) in [5.41, 5.74) is 0.304. The molecule has 0 heterocycles. The van der Waals surface area contributed by atoms with E-state index in [2.05, 4.69) is 0 Å². The van der Waals surface area contributed by atoms with Gasteiger partial charge in [-0.3, -0.25) is 0 Å². The van der Waals surface area contributed by atoms with Crippen molar-refractivity contribution in [3.8, 4) is 0 Å². The van der Waals surface area contributed by atoms with Gasteiger partial charge in [-0.1, -0.05) is 12.1 Å². The summed E-state index contributed by atoms with van der Waals surface area (Å²) in [6.45, 7) is 0.626. The number of hydrogen-bond acceptors (Lipinski definition) is 1. The van der Waals surface area contributed by atoms with E-state index in [9.17, 15) is 13.2 Å². The van der Waals surface area contributed by atoms with Crippen LogP contribution in [0.25, 0.3) is 0 Å². The van der Waals surface area contributed by atoms with Gasteiger partial charge in [0.1, 0.15) is 0 Å². The molecule has 0 unspecified atom stereocenters. The van der Waals surface area contributed by atoms with Gasteiger partial charge in [0, 0.05) is 13.7 Å². The van der Waals surface area contributed by atoms with Gasteiger partial charge in [-0.05, 0) is 30.5 Å². The summed E-state index contributed by atoms with van der Waals surface area (Å²) in [6.07, 6.45) is -2.68. The third-order valence-electron chi connectivity index (χ3n) is 2.10. The van der Waals surface area contributed by atoms with Crippen LogP contribution in [-0.4, -0.2) is 13.7 Å². The Morgan fingerprint density at radius 1 is 1.13 bits per heavy atom. The number of halogens is 3. The second-order valence-corrected chi connectivity index (χ2v) is 3.29. The van der Waals surface area contributed by atoms with Gasteiger partial charge in [-0.15, -0.1) is 0 Å². The molecule has 0 spiro atoms. The third kappa shape index (κ3) is 3.91. The lowest BCUT2D eigenvalue weighted by Crippen LogP contribution is -2.04. The lowest BCUT2D eigenvalue weighted by atomic mass is 10.1. The van der Waals surface area contributed by atoms with Gasteiger partial charge in [0.05, 0.1) is 5.56 Å². The first-order chi connectivity index (χ1) is 7.04. The SMILES string of the molecule is COCCCc1ccc(C(F)(F)F)cc1. The van der Waals surface area contributed by atoms with Crippen LogP contribution in [0.15, 0.2) is 24.3 Å². The fourth-order valence-electron chi connectivity index (χ4n) is 1.28. The molecule has 0 N–H and O–H groups in total. The van der Waals surface area contributed by atoms with Gasteiger partial charge in [0.25, 0.3) is 0 Å². The zero-order valence-corrected chi connectivity index (χ0v) is 8.47. The molecular formula is C11H13F3O. The molecule has 0 bridgehead atoms. The maximum atomic E-state index is 12.2. The Balaban J connectivity index is 2.57. The van der Waals surface area contributed by atoms with Gasteiger partial charge in [-0.25, -0.2) is 0 Å². The molecule has 0 amide bonds. The molecule has 0 aliphatic rings. The summed E-state index contributed by atoms with van der Waals surface area (Å²) in [5, 5.41) is 0. The highest BCUT2D eigenvalue weighted by atomic mass is 19.4. The van der Waals surface area contributed by atoms with Crippen molar-refractivity contribution in [3.63, 3.8) is 0 Å². The second-order valence-electron chi connectivity index (χ2n) is 3.29. The minimum Gasteiger partial charge on any atom is -0.385 e. The lowest BCUT2D eigenvalue weighted by Gasteiger charge is -2.07. The molecule has 0 aliphatic carbocycles. The Hall–Kier alpha value is -1.03. The predicted octanol–water partition coefficient (Wildman–Crippen LogP) is 3.28. The lowest BCUT2D eigenvalue weighted by molar-refractivity contribution is -0.137. The van der Waals surface area contributed by atoms with Crippen molar-refractivity contribution in [1.29, 1.82) is 0 Å². The van der Waals surface area contributed by atoms with Gasteiger partial charge in [0.15, 0.2) is 0 Å². The second kappa shape index (κ2) is 5.16. The fourth-order valence-corrected chi connectivity index (χ4v) is 1.28. The van der Waals surface area contributed by atoms with Crippen molar-refractivity contribution < 1.29 is 17.9 Å². The molecule has 0 saturated carbocycles. The standard InChI is InChI=1S/C11H13F3O/c1-15-8-2-3-9-4-6-10(7-5-9)11(12,13)14/h4-7H,2-3,8H2,1H3. The van der Waals surface area contributed by atoms with E-state index in [1.165, 1.54) is 12.1 Å². The summed E-state index contributed by atoms with van der Waals surface area (Å²) in [5.74, 6) is 0. The molecule has 0 radical (unpaired) electrons. The van der Waals surface area contributed by atoms with E-state index in [-0.39, 0.29) is 0 Å². The molecular weight excluding hydrogens is 205 g/mol. The van der Waals surface area contributed by atoms with Crippen molar-refractivity contribution in [2.24, 2.45) is 0 Å². The fraction of sp³-hybridized carbons (Fsp3) is 0.455. The number of benzene rings is 1. The maximum absolute atomic E-state index is 12.2. The Morgan fingerprint density at radius 3 is 2.20 bits per heavy atom. The molecule has 1 rings (SSSR count). The smallest absolute Gasteiger partial charge is 0.385 e. The minimum atomic E-state index is -4.24. The Morgan fingerprint density at radius 2 is 1.73 bits per heavy atom. The van der Waals surface area contributed by atoms with E-state index in [1.54, 1.807) is 7.11 Å². The first-order valence-corrected chi connectivity index (χ1v) is 4.69. The molecule has 1 aromatic rings. The van der Waals surface area contributed by atoms with Crippen LogP contribution in [-0.2, 0) is 17.3 Å². The van der Waals surface area contributed by atoms with Crippen molar-refractivity contribution in [2.45, 2.75) is 19.0 Å². The van der Waals surface area contributed by atoms with Crippen LogP contribution < -0.4 is 0 Å². The molecule has 0 saturated heterocycles. The minimum absolute atomic E-state index is 0.599. The molecule has 15 heavy (non-hydrogen) atoms. The van der Waals surface area contributed by atoms with Crippen molar-refractivity contribution >= 4 is 0 Å².